The number of rotatable bonds is 2. The van der Waals surface area contributed by atoms with E-state index < -0.39 is 0 Å². The molecule has 0 aliphatic carbocycles. The smallest absolute Gasteiger partial charge is 0.250 e. The van der Waals surface area contributed by atoms with Crippen LogP contribution in [0.4, 0.5) is 0 Å². The van der Waals surface area contributed by atoms with Gasteiger partial charge in [-0.05, 0) is 29.8 Å². The molecule has 0 amide bonds. The van der Waals surface area contributed by atoms with Crippen molar-refractivity contribution in [2.75, 3.05) is 0 Å². The molecule has 0 unspecified atom stereocenters. The van der Waals surface area contributed by atoms with E-state index in [1.54, 1.807) is 12.1 Å². The maximum Gasteiger partial charge on any atom is 0.250 e. The Morgan fingerprint density at radius 2 is 2.05 bits per heavy atom. The van der Waals surface area contributed by atoms with Crippen molar-refractivity contribution in [3.8, 4) is 11.6 Å². The summed E-state index contributed by atoms with van der Waals surface area (Å²) < 4.78 is 6.52. The van der Waals surface area contributed by atoms with E-state index in [2.05, 4.69) is 35.9 Å². The van der Waals surface area contributed by atoms with Crippen LogP contribution in [0.5, 0.6) is 11.6 Å². The number of H-pyrrole nitrogens is 1. The molecule has 8 heteroatoms. The fourth-order valence-electron chi connectivity index (χ4n) is 1.52. The van der Waals surface area contributed by atoms with Crippen LogP contribution in [0.1, 0.15) is 0 Å². The quantitative estimate of drug-likeness (QED) is 0.696. The minimum Gasteiger partial charge on any atom is -0.435 e. The highest BCUT2D eigenvalue weighted by Gasteiger charge is 2.12. The van der Waals surface area contributed by atoms with Crippen LogP contribution in [0.15, 0.2) is 29.0 Å². The molecule has 0 saturated heterocycles. The summed E-state index contributed by atoms with van der Waals surface area (Å²) in [5.74, 6) is 0.743. The number of ether oxygens (including phenoxy) is 1. The molecule has 1 aromatic carbocycles. The second-order valence-corrected chi connectivity index (χ2v) is 5.24. The third-order valence-corrected chi connectivity index (χ3v) is 3.28. The summed E-state index contributed by atoms with van der Waals surface area (Å²) in [5, 5.41) is 0.514. The Bertz CT molecular complexity index is 762. The summed E-state index contributed by atoms with van der Waals surface area (Å²) in [6.07, 6.45) is 1.49. The first-order valence-corrected chi connectivity index (χ1v) is 6.68. The first-order chi connectivity index (χ1) is 9.13. The number of aromatic amines is 1. The molecular weight excluding hydrogens is 355 g/mol. The van der Waals surface area contributed by atoms with Gasteiger partial charge >= 0.3 is 0 Å². The molecule has 96 valence electrons. The van der Waals surface area contributed by atoms with Gasteiger partial charge in [-0.25, -0.2) is 4.98 Å². The molecule has 0 aliphatic rings. The number of aromatic nitrogens is 4. The molecule has 5 nitrogen and oxygen atoms in total. The van der Waals surface area contributed by atoms with Crippen LogP contribution in [0.25, 0.3) is 11.2 Å². The molecule has 0 saturated carbocycles. The lowest BCUT2D eigenvalue weighted by Gasteiger charge is -2.07. The van der Waals surface area contributed by atoms with Gasteiger partial charge in [0.2, 0.25) is 11.2 Å². The first kappa shape index (κ1) is 12.7. The number of hydrogen-bond acceptors (Lipinski definition) is 4. The lowest BCUT2D eigenvalue weighted by Crippen LogP contribution is -1.93. The van der Waals surface area contributed by atoms with Crippen molar-refractivity contribution in [3.05, 3.63) is 39.3 Å². The van der Waals surface area contributed by atoms with Crippen LogP contribution in [0, 0.1) is 0 Å². The van der Waals surface area contributed by atoms with Gasteiger partial charge in [0.15, 0.2) is 5.65 Å². The molecule has 0 fully saturated rings. The number of imidazole rings is 1. The Labute approximate surface area is 126 Å². The fourth-order valence-corrected chi connectivity index (χ4v) is 2.39. The zero-order valence-electron chi connectivity index (χ0n) is 9.19. The van der Waals surface area contributed by atoms with Crippen LogP contribution in [-0.2, 0) is 0 Å². The third-order valence-electron chi connectivity index (χ3n) is 2.33. The van der Waals surface area contributed by atoms with Crippen molar-refractivity contribution < 1.29 is 4.74 Å². The minimum absolute atomic E-state index is 0.0582. The summed E-state index contributed by atoms with van der Waals surface area (Å²) in [5.41, 5.74) is 0.992. The van der Waals surface area contributed by atoms with Crippen molar-refractivity contribution in [2.24, 2.45) is 0 Å². The molecule has 2 heterocycles. The Hall–Kier alpha value is -1.37. The number of nitrogens with zero attached hydrogens (tertiary/aromatic N) is 3. The van der Waals surface area contributed by atoms with Crippen LogP contribution in [0.2, 0.25) is 10.3 Å². The van der Waals surface area contributed by atoms with Gasteiger partial charge in [-0.2, -0.15) is 9.97 Å². The largest absolute Gasteiger partial charge is 0.435 e. The molecule has 0 spiro atoms. The van der Waals surface area contributed by atoms with E-state index in [9.17, 15) is 0 Å². The lowest BCUT2D eigenvalue weighted by atomic mass is 10.3. The molecular formula is C11H5BrCl2N4O. The van der Waals surface area contributed by atoms with E-state index in [1.165, 1.54) is 6.33 Å². The van der Waals surface area contributed by atoms with Gasteiger partial charge in [0, 0.05) is 4.47 Å². The van der Waals surface area contributed by atoms with E-state index in [4.69, 9.17) is 27.9 Å². The highest BCUT2D eigenvalue weighted by atomic mass is 79.9. The predicted molar refractivity (Wildman–Crippen MR) is 75.9 cm³/mol. The molecule has 3 aromatic rings. The molecule has 1 N–H and O–H groups in total. The lowest BCUT2D eigenvalue weighted by molar-refractivity contribution is 0.467. The number of nitrogens with one attached hydrogen (secondary N) is 1. The molecule has 0 atom stereocenters. The van der Waals surface area contributed by atoms with E-state index in [0.29, 0.717) is 21.9 Å². The zero-order chi connectivity index (χ0) is 13.4. The Morgan fingerprint density at radius 3 is 2.84 bits per heavy atom. The average Bonchev–Trinajstić information content (AvgIpc) is 2.80. The van der Waals surface area contributed by atoms with Crippen LogP contribution in [0.3, 0.4) is 0 Å². The monoisotopic (exact) mass is 358 g/mol. The number of fused-ring (bicyclic) bond motifs is 1. The van der Waals surface area contributed by atoms with Gasteiger partial charge in [-0.3, -0.25) is 0 Å². The van der Waals surface area contributed by atoms with E-state index in [0.717, 1.165) is 4.47 Å². The van der Waals surface area contributed by atoms with Crippen molar-refractivity contribution in [1.82, 2.24) is 19.9 Å². The van der Waals surface area contributed by atoms with E-state index in [1.807, 2.05) is 6.07 Å². The summed E-state index contributed by atoms with van der Waals surface area (Å²) in [6, 6.07) is 5.27. The highest BCUT2D eigenvalue weighted by molar-refractivity contribution is 9.10. The fraction of sp³-hybridized carbons (Fsp3) is 0. The van der Waals surface area contributed by atoms with E-state index in [-0.39, 0.29) is 11.2 Å². The van der Waals surface area contributed by atoms with Gasteiger partial charge in [-0.1, -0.05) is 27.5 Å². The zero-order valence-corrected chi connectivity index (χ0v) is 12.3. The third kappa shape index (κ3) is 2.51. The molecule has 0 radical (unpaired) electrons. The van der Waals surface area contributed by atoms with Crippen molar-refractivity contribution >= 4 is 50.3 Å². The predicted octanol–water partition coefficient (Wildman–Crippen LogP) is 4.21. The molecule has 0 bridgehead atoms. The second-order valence-electron chi connectivity index (χ2n) is 3.58. The summed E-state index contributed by atoms with van der Waals surface area (Å²) in [4.78, 5) is 14.9. The standard InChI is InChI=1S/C11H5BrCl2N4O/c12-5-1-2-7(6(13)3-5)19-10-8-9(16-4-15-8)17-11(14)18-10/h1-4H,(H,15,16,17,18). The average molecular weight is 360 g/mol. The van der Waals surface area contributed by atoms with Crippen LogP contribution < -0.4 is 4.74 Å². The minimum atomic E-state index is 0.0582. The number of hydrogen-bond donors (Lipinski definition) is 1. The Morgan fingerprint density at radius 1 is 1.21 bits per heavy atom. The van der Waals surface area contributed by atoms with Crippen LogP contribution in [-0.4, -0.2) is 19.9 Å². The van der Waals surface area contributed by atoms with Crippen LogP contribution >= 0.6 is 39.1 Å². The maximum atomic E-state index is 6.09. The van der Waals surface area contributed by atoms with Crippen molar-refractivity contribution in [3.63, 3.8) is 0 Å². The number of benzene rings is 1. The SMILES string of the molecule is Clc1nc(Oc2ccc(Br)cc2Cl)c2[nH]cnc2n1. The van der Waals surface area contributed by atoms with Gasteiger partial charge in [0.05, 0.1) is 11.3 Å². The maximum absolute atomic E-state index is 6.09. The molecule has 19 heavy (non-hydrogen) atoms. The van der Waals surface area contributed by atoms with Crippen molar-refractivity contribution in [1.29, 1.82) is 0 Å². The van der Waals surface area contributed by atoms with Gasteiger partial charge in [0.25, 0.3) is 0 Å². The van der Waals surface area contributed by atoms with Gasteiger partial charge < -0.3 is 9.72 Å². The summed E-state index contributed by atoms with van der Waals surface area (Å²) in [6.45, 7) is 0. The normalized spacial score (nSPS) is 10.9. The second kappa shape index (κ2) is 4.96. The summed E-state index contributed by atoms with van der Waals surface area (Å²) >= 11 is 15.2. The summed E-state index contributed by atoms with van der Waals surface area (Å²) in [7, 11) is 0. The molecule has 2 aromatic heterocycles. The van der Waals surface area contributed by atoms with E-state index >= 15 is 0 Å². The first-order valence-electron chi connectivity index (χ1n) is 5.13. The number of halogens is 3. The van der Waals surface area contributed by atoms with Gasteiger partial charge in [0.1, 0.15) is 11.3 Å². The topological polar surface area (TPSA) is 63.7 Å². The van der Waals surface area contributed by atoms with Crippen molar-refractivity contribution in [2.45, 2.75) is 0 Å². The molecule has 3 rings (SSSR count). The van der Waals surface area contributed by atoms with Gasteiger partial charge in [-0.15, -0.1) is 0 Å². The molecule has 0 aliphatic heterocycles. The Balaban J connectivity index is 2.07. The highest BCUT2D eigenvalue weighted by Crippen LogP contribution is 2.33. The Kier molecular flexibility index (Phi) is 3.30.